The van der Waals surface area contributed by atoms with Crippen molar-refractivity contribution >= 4 is 34.0 Å². The standard InChI is InChI=1S/C22H18ClFN6O/c1-12-21(27-11-19(31)16-10-26-17-5-3-2-4-15(16)17)29-30-20(23)7-18(28-22(12)30)13-6-14(24)9-25-8-13/h2-10,19,26,31H,11H2,1H3,(H,27,29)/t19-/m0/s1. The molecule has 1 aromatic carbocycles. The molecule has 5 rings (SSSR count). The average molecular weight is 437 g/mol. The molecule has 1 atom stereocenters. The third-order valence-electron chi connectivity index (χ3n) is 5.22. The summed E-state index contributed by atoms with van der Waals surface area (Å²) in [5, 5.41) is 19.7. The Hall–Kier alpha value is -3.49. The Labute approximate surface area is 181 Å². The third kappa shape index (κ3) is 3.49. The number of aromatic amines is 1. The Morgan fingerprint density at radius 3 is 2.94 bits per heavy atom. The number of pyridine rings is 1. The smallest absolute Gasteiger partial charge is 0.162 e. The van der Waals surface area contributed by atoms with Crippen LogP contribution in [0.25, 0.3) is 27.8 Å². The molecule has 0 saturated heterocycles. The Bertz CT molecular complexity index is 1410. The van der Waals surface area contributed by atoms with Crippen LogP contribution in [0.5, 0.6) is 0 Å². The topological polar surface area (TPSA) is 91.1 Å². The Kier molecular flexibility index (Phi) is 4.80. The van der Waals surface area contributed by atoms with Crippen molar-refractivity contribution in [2.24, 2.45) is 0 Å². The van der Waals surface area contributed by atoms with Gasteiger partial charge < -0.3 is 15.4 Å². The van der Waals surface area contributed by atoms with E-state index in [-0.39, 0.29) is 6.54 Å². The number of fused-ring (bicyclic) bond motifs is 2. The molecule has 0 radical (unpaired) electrons. The number of aromatic nitrogens is 5. The number of aliphatic hydroxyl groups excluding tert-OH is 1. The predicted octanol–water partition coefficient (Wildman–Crippen LogP) is 4.52. The van der Waals surface area contributed by atoms with Crippen LogP contribution in [0, 0.1) is 12.7 Å². The van der Waals surface area contributed by atoms with Gasteiger partial charge in [0.1, 0.15) is 11.0 Å². The molecule has 4 aromatic heterocycles. The van der Waals surface area contributed by atoms with Gasteiger partial charge in [0.2, 0.25) is 0 Å². The molecule has 156 valence electrons. The van der Waals surface area contributed by atoms with Gasteiger partial charge in [-0.1, -0.05) is 29.8 Å². The molecule has 0 aliphatic rings. The van der Waals surface area contributed by atoms with Gasteiger partial charge in [-0.15, -0.1) is 5.10 Å². The molecule has 0 aliphatic heterocycles. The fraction of sp³-hybridized carbons (Fsp3) is 0.136. The second-order valence-corrected chi connectivity index (χ2v) is 7.64. The first-order valence-corrected chi connectivity index (χ1v) is 10.0. The van der Waals surface area contributed by atoms with E-state index in [1.165, 1.54) is 16.8 Å². The van der Waals surface area contributed by atoms with Crippen molar-refractivity contribution in [1.82, 2.24) is 24.6 Å². The summed E-state index contributed by atoms with van der Waals surface area (Å²) in [5.41, 5.74) is 4.10. The number of anilines is 1. The first-order valence-electron chi connectivity index (χ1n) is 9.66. The van der Waals surface area contributed by atoms with E-state index in [0.717, 1.165) is 28.2 Å². The number of hydrogen-bond donors (Lipinski definition) is 3. The van der Waals surface area contributed by atoms with E-state index in [1.807, 2.05) is 37.4 Å². The SMILES string of the molecule is Cc1c(NC[C@H](O)c2c[nH]c3ccccc23)nn2c(Cl)cc(-c3cncc(F)c3)nc12. The molecule has 31 heavy (non-hydrogen) atoms. The summed E-state index contributed by atoms with van der Waals surface area (Å²) in [4.78, 5) is 11.6. The predicted molar refractivity (Wildman–Crippen MR) is 118 cm³/mol. The van der Waals surface area contributed by atoms with Crippen LogP contribution in [0.2, 0.25) is 5.15 Å². The fourth-order valence-electron chi connectivity index (χ4n) is 3.63. The van der Waals surface area contributed by atoms with Crippen LogP contribution in [-0.2, 0) is 0 Å². The lowest BCUT2D eigenvalue weighted by Gasteiger charge is -2.11. The van der Waals surface area contributed by atoms with Crippen molar-refractivity contribution in [3.05, 3.63) is 77.1 Å². The monoisotopic (exact) mass is 436 g/mol. The van der Waals surface area contributed by atoms with Gasteiger partial charge >= 0.3 is 0 Å². The molecule has 0 saturated carbocycles. The highest BCUT2D eigenvalue weighted by Crippen LogP contribution is 2.28. The number of halogens is 2. The highest BCUT2D eigenvalue weighted by Gasteiger charge is 2.17. The van der Waals surface area contributed by atoms with Crippen molar-refractivity contribution in [3.8, 4) is 11.3 Å². The van der Waals surface area contributed by atoms with Crippen molar-refractivity contribution < 1.29 is 9.50 Å². The fourth-order valence-corrected chi connectivity index (χ4v) is 3.85. The molecule has 4 heterocycles. The highest BCUT2D eigenvalue weighted by molar-refractivity contribution is 6.30. The van der Waals surface area contributed by atoms with E-state index < -0.39 is 11.9 Å². The summed E-state index contributed by atoms with van der Waals surface area (Å²) in [6.07, 6.45) is 3.73. The van der Waals surface area contributed by atoms with Crippen LogP contribution in [-0.4, -0.2) is 36.2 Å². The molecule has 0 fully saturated rings. The lowest BCUT2D eigenvalue weighted by Crippen LogP contribution is -2.12. The second-order valence-electron chi connectivity index (χ2n) is 7.25. The maximum atomic E-state index is 13.6. The Morgan fingerprint density at radius 2 is 2.10 bits per heavy atom. The molecular weight excluding hydrogens is 419 g/mol. The number of nitrogens with one attached hydrogen (secondary N) is 2. The summed E-state index contributed by atoms with van der Waals surface area (Å²) < 4.78 is 15.1. The zero-order valence-corrected chi connectivity index (χ0v) is 17.2. The molecule has 7 nitrogen and oxygen atoms in total. The lowest BCUT2D eigenvalue weighted by molar-refractivity contribution is 0.193. The van der Waals surface area contributed by atoms with Crippen LogP contribution in [0.1, 0.15) is 17.2 Å². The van der Waals surface area contributed by atoms with Crippen LogP contribution < -0.4 is 5.32 Å². The third-order valence-corrected chi connectivity index (χ3v) is 5.49. The summed E-state index contributed by atoms with van der Waals surface area (Å²) in [6, 6.07) is 10.8. The van der Waals surface area contributed by atoms with Crippen LogP contribution in [0.15, 0.2) is 55.0 Å². The van der Waals surface area contributed by atoms with Gasteiger partial charge in [0.15, 0.2) is 11.5 Å². The zero-order chi connectivity index (χ0) is 21.5. The molecule has 3 N–H and O–H groups in total. The van der Waals surface area contributed by atoms with Crippen molar-refractivity contribution in [1.29, 1.82) is 0 Å². The van der Waals surface area contributed by atoms with Crippen molar-refractivity contribution in [2.75, 3.05) is 11.9 Å². The lowest BCUT2D eigenvalue weighted by atomic mass is 10.1. The number of benzene rings is 1. The van der Waals surface area contributed by atoms with Gasteiger partial charge in [0, 0.05) is 52.6 Å². The number of H-pyrrole nitrogens is 1. The van der Waals surface area contributed by atoms with Crippen LogP contribution in [0.3, 0.4) is 0 Å². The Balaban J connectivity index is 1.44. The Morgan fingerprint density at radius 1 is 1.26 bits per heavy atom. The molecule has 5 aromatic rings. The summed E-state index contributed by atoms with van der Waals surface area (Å²) in [7, 11) is 0. The molecule has 0 amide bonds. The summed E-state index contributed by atoms with van der Waals surface area (Å²) in [6.45, 7) is 2.12. The molecule has 9 heteroatoms. The van der Waals surface area contributed by atoms with Crippen LogP contribution >= 0.6 is 11.6 Å². The largest absolute Gasteiger partial charge is 0.386 e. The van der Waals surface area contributed by atoms with E-state index in [0.29, 0.717) is 27.9 Å². The molecule has 0 unspecified atom stereocenters. The van der Waals surface area contributed by atoms with Gasteiger partial charge in [-0.3, -0.25) is 4.98 Å². The minimum Gasteiger partial charge on any atom is -0.386 e. The second kappa shape index (κ2) is 7.64. The number of aryl methyl sites for hydroxylation is 1. The minimum atomic E-state index is -0.738. The van der Waals surface area contributed by atoms with E-state index in [2.05, 4.69) is 25.4 Å². The minimum absolute atomic E-state index is 0.255. The number of hydrogen-bond acceptors (Lipinski definition) is 5. The molecule has 0 aliphatic carbocycles. The van der Waals surface area contributed by atoms with Gasteiger partial charge in [-0.05, 0) is 19.1 Å². The van der Waals surface area contributed by atoms with E-state index in [9.17, 15) is 9.50 Å². The number of para-hydroxylation sites is 1. The van der Waals surface area contributed by atoms with Crippen molar-refractivity contribution in [3.63, 3.8) is 0 Å². The van der Waals surface area contributed by atoms with E-state index >= 15 is 0 Å². The number of aliphatic hydroxyl groups is 1. The summed E-state index contributed by atoms with van der Waals surface area (Å²) in [5.74, 6) is 0.108. The first-order chi connectivity index (χ1) is 15.0. The average Bonchev–Trinajstić information content (AvgIpc) is 3.34. The maximum Gasteiger partial charge on any atom is 0.162 e. The number of nitrogens with zero attached hydrogens (tertiary/aromatic N) is 4. The molecular formula is C22H18ClFN6O. The van der Waals surface area contributed by atoms with Crippen molar-refractivity contribution in [2.45, 2.75) is 13.0 Å². The van der Waals surface area contributed by atoms with E-state index in [1.54, 1.807) is 6.07 Å². The van der Waals surface area contributed by atoms with Gasteiger partial charge in [0.05, 0.1) is 18.0 Å². The summed E-state index contributed by atoms with van der Waals surface area (Å²) >= 11 is 6.41. The highest BCUT2D eigenvalue weighted by atomic mass is 35.5. The maximum absolute atomic E-state index is 13.6. The molecule has 0 spiro atoms. The molecule has 0 bridgehead atoms. The normalized spacial score (nSPS) is 12.5. The quantitative estimate of drug-likeness (QED) is 0.352. The van der Waals surface area contributed by atoms with Gasteiger partial charge in [-0.2, -0.15) is 0 Å². The number of rotatable bonds is 5. The van der Waals surface area contributed by atoms with Gasteiger partial charge in [0.25, 0.3) is 0 Å². The van der Waals surface area contributed by atoms with E-state index in [4.69, 9.17) is 11.6 Å². The van der Waals surface area contributed by atoms with Crippen LogP contribution in [0.4, 0.5) is 10.2 Å². The van der Waals surface area contributed by atoms with Gasteiger partial charge in [-0.25, -0.2) is 13.9 Å². The zero-order valence-electron chi connectivity index (χ0n) is 16.5. The first kappa shape index (κ1) is 19.5.